The summed E-state index contributed by atoms with van der Waals surface area (Å²) in [6.45, 7) is 4.14. The number of carbonyl (C=O) groups is 2. The van der Waals surface area contributed by atoms with Gasteiger partial charge < -0.3 is 16.0 Å². The summed E-state index contributed by atoms with van der Waals surface area (Å²) in [6, 6.07) is 7.40. The Morgan fingerprint density at radius 1 is 1.23 bits per heavy atom. The maximum Gasteiger partial charge on any atom is 0.313 e. The number of rotatable bonds is 3. The molecule has 2 atom stereocenters. The highest BCUT2D eigenvalue weighted by Crippen LogP contribution is 2.34. The van der Waals surface area contributed by atoms with Gasteiger partial charge in [-0.25, -0.2) is 18.5 Å². The molecule has 9 nitrogen and oxygen atoms in total. The summed E-state index contributed by atoms with van der Waals surface area (Å²) in [5.74, 6) is -0.927. The molecule has 10 heteroatoms. The molecule has 1 aliphatic heterocycles. The van der Waals surface area contributed by atoms with Crippen LogP contribution < -0.4 is 16.2 Å². The first-order valence-corrected chi connectivity index (χ1v) is 11.1. The molecule has 2 heterocycles. The fourth-order valence-corrected chi connectivity index (χ4v) is 4.16. The third-order valence-electron chi connectivity index (χ3n) is 5.22. The number of pyridine rings is 1. The molecule has 160 valence electrons. The van der Waals surface area contributed by atoms with Crippen LogP contribution in [0.15, 0.2) is 41.4 Å². The minimum atomic E-state index is -3.88. The van der Waals surface area contributed by atoms with Gasteiger partial charge in [0.15, 0.2) is 0 Å². The molecule has 1 aliphatic rings. The number of nitrogens with one attached hydrogen (secondary N) is 1. The van der Waals surface area contributed by atoms with E-state index in [0.29, 0.717) is 35.6 Å². The van der Waals surface area contributed by atoms with Gasteiger partial charge in [-0.15, -0.1) is 0 Å². The molecule has 0 bridgehead atoms. The molecule has 0 aliphatic carbocycles. The Balaban J connectivity index is 1.86. The fraction of sp³-hybridized carbons (Fsp3) is 0.350. The zero-order valence-electron chi connectivity index (χ0n) is 16.8. The second kappa shape index (κ2) is 8.41. The van der Waals surface area contributed by atoms with E-state index in [0.717, 1.165) is 6.42 Å². The van der Waals surface area contributed by atoms with E-state index in [1.807, 2.05) is 6.92 Å². The largest absolute Gasteiger partial charge is 0.383 e. The first kappa shape index (κ1) is 21.7. The minimum Gasteiger partial charge on any atom is -0.383 e. The van der Waals surface area contributed by atoms with Crippen LogP contribution in [0, 0.1) is 12.8 Å². The zero-order chi connectivity index (χ0) is 22.1. The number of piperidine rings is 1. The summed E-state index contributed by atoms with van der Waals surface area (Å²) in [4.78, 5) is 31.1. The lowest BCUT2D eigenvalue weighted by molar-refractivity contribution is -0.146. The predicted octanol–water partition coefficient (Wildman–Crippen LogP) is 1.56. The number of hydrogen-bond donors (Lipinski definition) is 3. The van der Waals surface area contributed by atoms with Crippen molar-refractivity contribution in [1.82, 2.24) is 9.88 Å². The summed E-state index contributed by atoms with van der Waals surface area (Å²) >= 11 is 0. The molecule has 0 spiro atoms. The number of aryl methyl sites for hydroxylation is 1. The van der Waals surface area contributed by atoms with Gasteiger partial charge in [-0.2, -0.15) is 0 Å². The lowest BCUT2D eigenvalue weighted by Gasteiger charge is -2.38. The second-order valence-electron chi connectivity index (χ2n) is 7.65. The van der Waals surface area contributed by atoms with Gasteiger partial charge in [0.25, 0.3) is 0 Å². The van der Waals surface area contributed by atoms with Crippen LogP contribution in [0.2, 0.25) is 0 Å². The molecular weight excluding hydrogens is 406 g/mol. The van der Waals surface area contributed by atoms with Crippen LogP contribution in [0.4, 0.5) is 11.5 Å². The van der Waals surface area contributed by atoms with Crippen molar-refractivity contribution in [3.63, 3.8) is 0 Å². The Morgan fingerprint density at radius 2 is 1.97 bits per heavy atom. The number of amides is 2. The number of hydrogen-bond acceptors (Lipinski definition) is 6. The quantitative estimate of drug-likeness (QED) is 0.628. The fourth-order valence-electron chi connectivity index (χ4n) is 3.59. The average Bonchev–Trinajstić information content (AvgIpc) is 2.69. The van der Waals surface area contributed by atoms with E-state index in [1.165, 1.54) is 23.2 Å². The summed E-state index contributed by atoms with van der Waals surface area (Å²) in [7, 11) is -3.88. The Labute approximate surface area is 175 Å². The van der Waals surface area contributed by atoms with Crippen LogP contribution >= 0.6 is 0 Å². The van der Waals surface area contributed by atoms with Gasteiger partial charge in [0.1, 0.15) is 5.82 Å². The molecule has 1 fully saturated rings. The molecule has 5 N–H and O–H groups in total. The maximum absolute atomic E-state index is 13.0. The third-order valence-corrected chi connectivity index (χ3v) is 6.13. The van der Waals surface area contributed by atoms with E-state index in [1.54, 1.807) is 25.1 Å². The molecule has 1 saturated heterocycles. The molecule has 0 radical (unpaired) electrons. The Kier molecular flexibility index (Phi) is 6.09. The van der Waals surface area contributed by atoms with Crippen LogP contribution in [0.5, 0.6) is 0 Å². The van der Waals surface area contributed by atoms with Crippen molar-refractivity contribution in [2.75, 3.05) is 17.6 Å². The van der Waals surface area contributed by atoms with Crippen LogP contribution in [-0.4, -0.2) is 36.7 Å². The lowest BCUT2D eigenvalue weighted by atomic mass is 9.90. The number of anilines is 2. The van der Waals surface area contributed by atoms with Crippen molar-refractivity contribution >= 4 is 33.3 Å². The van der Waals surface area contributed by atoms with Crippen molar-refractivity contribution in [1.29, 1.82) is 0 Å². The van der Waals surface area contributed by atoms with Crippen LogP contribution in [0.25, 0.3) is 0 Å². The van der Waals surface area contributed by atoms with E-state index in [2.05, 4.69) is 10.3 Å². The summed E-state index contributed by atoms with van der Waals surface area (Å²) in [6.07, 6.45) is 2.84. The Bertz CT molecular complexity index is 1090. The van der Waals surface area contributed by atoms with Gasteiger partial charge >= 0.3 is 11.8 Å². The second-order valence-corrected chi connectivity index (χ2v) is 9.22. The first-order valence-electron chi connectivity index (χ1n) is 9.53. The number of nitrogens with two attached hydrogens (primary N) is 2. The predicted molar refractivity (Wildman–Crippen MR) is 113 cm³/mol. The third kappa shape index (κ3) is 4.77. The van der Waals surface area contributed by atoms with Crippen molar-refractivity contribution in [2.45, 2.75) is 37.6 Å². The molecule has 2 aromatic rings. The van der Waals surface area contributed by atoms with Crippen molar-refractivity contribution in [2.24, 2.45) is 11.1 Å². The zero-order valence-corrected chi connectivity index (χ0v) is 17.6. The topological polar surface area (TPSA) is 148 Å². The van der Waals surface area contributed by atoms with Gasteiger partial charge in [-0.3, -0.25) is 9.59 Å². The monoisotopic (exact) mass is 431 g/mol. The van der Waals surface area contributed by atoms with Crippen molar-refractivity contribution in [3.8, 4) is 0 Å². The number of nitrogen functional groups attached to an aromatic ring is 1. The molecule has 2 amide bonds. The number of carbonyl (C=O) groups excluding carboxylic acids is 2. The lowest BCUT2D eigenvalue weighted by Crippen LogP contribution is -2.46. The molecule has 30 heavy (non-hydrogen) atoms. The number of aromatic nitrogens is 1. The summed E-state index contributed by atoms with van der Waals surface area (Å²) < 4.78 is 23.4. The van der Waals surface area contributed by atoms with Gasteiger partial charge in [-0.1, -0.05) is 19.1 Å². The van der Waals surface area contributed by atoms with Gasteiger partial charge in [0.2, 0.25) is 10.0 Å². The van der Waals surface area contributed by atoms with Crippen molar-refractivity contribution < 1.29 is 18.0 Å². The summed E-state index contributed by atoms with van der Waals surface area (Å²) in [5, 5.41) is 7.81. The first-order chi connectivity index (χ1) is 14.1. The van der Waals surface area contributed by atoms with Crippen LogP contribution in [-0.2, 0) is 19.6 Å². The SMILES string of the molecule is Cc1cc(NC(=O)C(=O)N2C[C@H](C)CC[C@H]2c2cccc(S(N)(=O)=O)c2)cnc1N. The maximum atomic E-state index is 13.0. The Morgan fingerprint density at radius 3 is 2.63 bits per heavy atom. The molecule has 0 unspecified atom stereocenters. The number of nitrogens with zero attached hydrogens (tertiary/aromatic N) is 2. The molecule has 1 aromatic carbocycles. The summed E-state index contributed by atoms with van der Waals surface area (Å²) in [5.41, 5.74) is 7.37. The van der Waals surface area contributed by atoms with E-state index in [9.17, 15) is 18.0 Å². The number of primary sulfonamides is 1. The van der Waals surface area contributed by atoms with E-state index >= 15 is 0 Å². The van der Waals surface area contributed by atoms with Crippen molar-refractivity contribution in [3.05, 3.63) is 47.7 Å². The van der Waals surface area contributed by atoms with Gasteiger partial charge in [0, 0.05) is 6.54 Å². The Hall–Kier alpha value is -2.98. The van der Waals surface area contributed by atoms with E-state index in [4.69, 9.17) is 10.9 Å². The highest BCUT2D eigenvalue weighted by Gasteiger charge is 2.34. The number of benzene rings is 1. The van der Waals surface area contributed by atoms with Gasteiger partial charge in [0.05, 0.1) is 22.8 Å². The van der Waals surface area contributed by atoms with Crippen LogP contribution in [0.3, 0.4) is 0 Å². The highest BCUT2D eigenvalue weighted by molar-refractivity contribution is 7.89. The molecule has 3 rings (SSSR count). The normalized spacial score (nSPS) is 19.4. The molecular formula is C20H25N5O4S. The smallest absolute Gasteiger partial charge is 0.313 e. The van der Waals surface area contributed by atoms with E-state index < -0.39 is 27.9 Å². The highest BCUT2D eigenvalue weighted by atomic mass is 32.2. The van der Waals surface area contributed by atoms with Gasteiger partial charge in [-0.05, 0) is 55.0 Å². The van der Waals surface area contributed by atoms with Crippen LogP contribution in [0.1, 0.15) is 36.9 Å². The molecule has 1 aromatic heterocycles. The average molecular weight is 432 g/mol. The number of likely N-dealkylation sites (tertiary alicyclic amines) is 1. The molecule has 0 saturated carbocycles. The number of sulfonamides is 1. The standard InChI is InChI=1S/C20H25N5O4S/c1-12-6-7-17(14-4-3-5-16(9-14)30(22,28)29)25(11-12)20(27)19(26)24-15-8-13(2)18(21)23-10-15/h3-5,8-10,12,17H,6-7,11H2,1-2H3,(H2,21,23)(H,24,26)(H2,22,28,29)/t12-,17+/m1/s1. The minimum absolute atomic E-state index is 0.0288. The van der Waals surface area contributed by atoms with E-state index in [-0.39, 0.29) is 10.8 Å².